The second-order valence-electron chi connectivity index (χ2n) is 6.96. The van der Waals surface area contributed by atoms with Gasteiger partial charge < -0.3 is 15.5 Å². The van der Waals surface area contributed by atoms with Crippen LogP contribution in [0.1, 0.15) is 44.4 Å². The van der Waals surface area contributed by atoms with Crippen LogP contribution in [0.15, 0.2) is 22.5 Å². The Balaban J connectivity index is 1.65. The minimum atomic E-state index is 0.557. The number of likely N-dealkylation sites (tertiary alicyclic amines) is 1. The maximum Gasteiger partial charge on any atom is 0.191 e. The van der Waals surface area contributed by atoms with Crippen LogP contribution in [0.4, 0.5) is 0 Å². The Bertz CT molecular complexity index is 464. The van der Waals surface area contributed by atoms with Crippen molar-refractivity contribution in [3.63, 3.8) is 0 Å². The Labute approximate surface area is 151 Å². The van der Waals surface area contributed by atoms with Gasteiger partial charge >= 0.3 is 0 Å². The molecule has 2 N–H and O–H groups in total. The molecule has 1 atom stereocenters. The number of guanidine groups is 1. The zero-order chi connectivity index (χ0) is 17.2. The van der Waals surface area contributed by atoms with E-state index in [4.69, 9.17) is 0 Å². The lowest BCUT2D eigenvalue weighted by molar-refractivity contribution is 0.203. The summed E-state index contributed by atoms with van der Waals surface area (Å²) in [6.45, 7) is 9.21. The van der Waals surface area contributed by atoms with Crippen LogP contribution < -0.4 is 10.6 Å². The van der Waals surface area contributed by atoms with Gasteiger partial charge in [0.05, 0.1) is 0 Å². The van der Waals surface area contributed by atoms with Crippen LogP contribution >= 0.6 is 11.3 Å². The molecule has 0 radical (unpaired) electrons. The molecule has 0 saturated carbocycles. The van der Waals surface area contributed by atoms with E-state index in [1.165, 1.54) is 50.2 Å². The average molecular weight is 351 g/mol. The third-order valence-corrected chi connectivity index (χ3v) is 5.63. The summed E-state index contributed by atoms with van der Waals surface area (Å²) in [4.78, 5) is 8.47. The monoisotopic (exact) mass is 350 g/mol. The predicted octanol–water partition coefficient (Wildman–Crippen LogP) is 3.36. The van der Waals surface area contributed by atoms with Gasteiger partial charge in [-0.25, -0.2) is 0 Å². The fourth-order valence-electron chi connectivity index (χ4n) is 3.19. The number of hydrogen-bond acceptors (Lipinski definition) is 3. The van der Waals surface area contributed by atoms with Crippen molar-refractivity contribution in [3.8, 4) is 0 Å². The fraction of sp³-hybridized carbons (Fsp3) is 0.737. The smallest absolute Gasteiger partial charge is 0.191 e. The van der Waals surface area contributed by atoms with Gasteiger partial charge in [0.15, 0.2) is 5.96 Å². The molecule has 0 aromatic carbocycles. The number of aliphatic imine (C=N–C) groups is 1. The molecule has 0 amide bonds. The minimum absolute atomic E-state index is 0.557. The Morgan fingerprint density at radius 2 is 2.21 bits per heavy atom. The van der Waals surface area contributed by atoms with E-state index in [1.807, 2.05) is 18.4 Å². The highest BCUT2D eigenvalue weighted by Crippen LogP contribution is 2.14. The molecule has 0 aliphatic carbocycles. The first-order valence-corrected chi connectivity index (χ1v) is 10.3. The van der Waals surface area contributed by atoms with Gasteiger partial charge in [-0.3, -0.25) is 4.99 Å². The van der Waals surface area contributed by atoms with Gasteiger partial charge in [-0.15, -0.1) is 11.3 Å². The van der Waals surface area contributed by atoms with Crippen molar-refractivity contribution in [1.29, 1.82) is 0 Å². The molecule has 5 heteroatoms. The van der Waals surface area contributed by atoms with Gasteiger partial charge in [0.1, 0.15) is 0 Å². The molecule has 1 fully saturated rings. The molecule has 4 nitrogen and oxygen atoms in total. The minimum Gasteiger partial charge on any atom is -0.356 e. The zero-order valence-electron chi connectivity index (χ0n) is 15.6. The third kappa shape index (κ3) is 6.81. The second kappa shape index (κ2) is 10.7. The van der Waals surface area contributed by atoms with E-state index in [1.54, 1.807) is 0 Å². The maximum absolute atomic E-state index is 4.40. The number of nitrogens with zero attached hydrogens (tertiary/aromatic N) is 2. The van der Waals surface area contributed by atoms with E-state index in [0.717, 1.165) is 18.9 Å². The van der Waals surface area contributed by atoms with Crippen LogP contribution in [0.2, 0.25) is 0 Å². The molecule has 1 saturated heterocycles. The number of rotatable bonds is 8. The summed E-state index contributed by atoms with van der Waals surface area (Å²) in [6, 6.07) is 4.91. The maximum atomic E-state index is 4.40. The van der Waals surface area contributed by atoms with Crippen LogP contribution in [0, 0.1) is 5.92 Å². The molecule has 1 aromatic rings. The van der Waals surface area contributed by atoms with E-state index in [0.29, 0.717) is 12.0 Å². The molecule has 0 bridgehead atoms. The summed E-state index contributed by atoms with van der Waals surface area (Å²) in [5, 5.41) is 9.27. The molecule has 2 rings (SSSR count). The van der Waals surface area contributed by atoms with Crippen molar-refractivity contribution in [3.05, 3.63) is 22.4 Å². The lowest BCUT2D eigenvalue weighted by atomic mass is 10.0. The molecule has 0 spiro atoms. The third-order valence-electron chi connectivity index (χ3n) is 4.73. The number of thiophene rings is 1. The second-order valence-corrected chi connectivity index (χ2v) is 7.99. The molecular weight excluding hydrogens is 316 g/mol. The van der Waals surface area contributed by atoms with E-state index >= 15 is 0 Å². The van der Waals surface area contributed by atoms with Crippen LogP contribution in [-0.4, -0.2) is 50.1 Å². The molecule has 1 aliphatic heterocycles. The summed E-state index contributed by atoms with van der Waals surface area (Å²) >= 11 is 1.85. The van der Waals surface area contributed by atoms with Crippen molar-refractivity contribution < 1.29 is 0 Å². The predicted molar refractivity (Wildman–Crippen MR) is 106 cm³/mol. The molecular formula is C19H34N4S. The van der Waals surface area contributed by atoms with E-state index in [9.17, 15) is 0 Å². The van der Waals surface area contributed by atoms with Gasteiger partial charge in [0.25, 0.3) is 0 Å². The number of nitrogens with one attached hydrogen (secondary N) is 2. The lowest BCUT2D eigenvalue weighted by Gasteiger charge is -2.33. The van der Waals surface area contributed by atoms with Gasteiger partial charge in [-0.2, -0.15) is 0 Å². The zero-order valence-corrected chi connectivity index (χ0v) is 16.4. The summed E-state index contributed by atoms with van der Waals surface area (Å²) in [6.07, 6.45) is 6.18. The first kappa shape index (κ1) is 19.3. The van der Waals surface area contributed by atoms with Crippen LogP contribution in [0.5, 0.6) is 0 Å². The average Bonchev–Trinajstić information content (AvgIpc) is 3.10. The molecule has 1 aromatic heterocycles. The van der Waals surface area contributed by atoms with Gasteiger partial charge in [-0.1, -0.05) is 26.3 Å². The highest BCUT2D eigenvalue weighted by molar-refractivity contribution is 7.09. The van der Waals surface area contributed by atoms with Gasteiger partial charge in [0, 0.05) is 37.6 Å². The first-order chi connectivity index (χ1) is 11.7. The summed E-state index contributed by atoms with van der Waals surface area (Å²) in [5.74, 6) is 1.57. The van der Waals surface area contributed by atoms with Crippen LogP contribution in [0.25, 0.3) is 0 Å². The normalized spacial score (nSPS) is 18.5. The Morgan fingerprint density at radius 1 is 1.42 bits per heavy atom. The SMILES string of the molecule is CCCCN1CCC(NC(=NC)NCC(C)Cc2cccs2)CC1. The topological polar surface area (TPSA) is 39.7 Å². The highest BCUT2D eigenvalue weighted by atomic mass is 32.1. The van der Waals surface area contributed by atoms with Crippen molar-refractivity contribution in [1.82, 2.24) is 15.5 Å². The quantitative estimate of drug-likeness (QED) is 0.558. The number of hydrogen-bond donors (Lipinski definition) is 2. The standard InChI is InChI=1S/C19H34N4S/c1-4-5-10-23-11-8-17(9-12-23)22-19(20-3)21-15-16(2)14-18-7-6-13-24-18/h6-7,13,16-17H,4-5,8-12,14-15H2,1-3H3,(H2,20,21,22). The summed E-state index contributed by atoms with van der Waals surface area (Å²) in [5.41, 5.74) is 0. The van der Waals surface area contributed by atoms with Crippen molar-refractivity contribution >= 4 is 17.3 Å². The largest absolute Gasteiger partial charge is 0.356 e. The Hall–Kier alpha value is -1.07. The Morgan fingerprint density at radius 3 is 2.83 bits per heavy atom. The number of piperidine rings is 1. The molecule has 2 heterocycles. The molecule has 1 aliphatic rings. The first-order valence-electron chi connectivity index (χ1n) is 9.43. The fourth-order valence-corrected chi connectivity index (χ4v) is 4.06. The molecule has 136 valence electrons. The van der Waals surface area contributed by atoms with E-state index in [-0.39, 0.29) is 0 Å². The van der Waals surface area contributed by atoms with Crippen molar-refractivity contribution in [2.45, 2.75) is 52.0 Å². The van der Waals surface area contributed by atoms with Crippen molar-refractivity contribution in [2.75, 3.05) is 33.2 Å². The summed E-state index contributed by atoms with van der Waals surface area (Å²) in [7, 11) is 1.87. The molecule has 1 unspecified atom stereocenters. The van der Waals surface area contributed by atoms with Crippen LogP contribution in [-0.2, 0) is 6.42 Å². The Kier molecular flexibility index (Phi) is 8.60. The lowest BCUT2D eigenvalue weighted by Crippen LogP contribution is -2.49. The van der Waals surface area contributed by atoms with Gasteiger partial charge in [0.2, 0.25) is 0 Å². The highest BCUT2D eigenvalue weighted by Gasteiger charge is 2.19. The number of unbranched alkanes of at least 4 members (excludes halogenated alkanes) is 1. The van der Waals surface area contributed by atoms with E-state index in [2.05, 4.69) is 51.9 Å². The molecule has 24 heavy (non-hydrogen) atoms. The van der Waals surface area contributed by atoms with Gasteiger partial charge in [-0.05, 0) is 49.6 Å². The van der Waals surface area contributed by atoms with Crippen molar-refractivity contribution in [2.24, 2.45) is 10.9 Å². The van der Waals surface area contributed by atoms with Crippen LogP contribution in [0.3, 0.4) is 0 Å². The summed E-state index contributed by atoms with van der Waals surface area (Å²) < 4.78 is 0. The van der Waals surface area contributed by atoms with E-state index < -0.39 is 0 Å².